The Balaban J connectivity index is 1.49. The van der Waals surface area contributed by atoms with Crippen molar-refractivity contribution in [3.05, 3.63) is 59.9 Å². The van der Waals surface area contributed by atoms with Crippen LogP contribution in [0.3, 0.4) is 0 Å². The zero-order chi connectivity index (χ0) is 22.7. The van der Waals surface area contributed by atoms with Crippen molar-refractivity contribution in [3.63, 3.8) is 0 Å². The largest absolute Gasteiger partial charge is 0.325 e. The number of aryl methyl sites for hydroxylation is 2. The number of anilines is 1. The van der Waals surface area contributed by atoms with Gasteiger partial charge in [-0.05, 0) is 72.0 Å². The molecule has 2 aromatic carbocycles. The maximum atomic E-state index is 13.2. The second-order valence-corrected chi connectivity index (χ2v) is 9.84. The van der Waals surface area contributed by atoms with Gasteiger partial charge in [-0.3, -0.25) is 4.79 Å². The van der Waals surface area contributed by atoms with Gasteiger partial charge in [0.1, 0.15) is 6.33 Å². The van der Waals surface area contributed by atoms with Crippen LogP contribution in [-0.4, -0.2) is 51.9 Å². The number of nitrogens with one attached hydrogen (secondary N) is 1. The van der Waals surface area contributed by atoms with Gasteiger partial charge in [0, 0.05) is 18.8 Å². The molecule has 2 heterocycles. The van der Waals surface area contributed by atoms with Gasteiger partial charge in [-0.15, -0.1) is 5.10 Å². The van der Waals surface area contributed by atoms with Crippen LogP contribution in [0.25, 0.3) is 5.69 Å². The highest BCUT2D eigenvalue weighted by atomic mass is 32.2. The number of tetrazole rings is 1. The van der Waals surface area contributed by atoms with Crippen molar-refractivity contribution in [3.8, 4) is 5.69 Å². The van der Waals surface area contributed by atoms with Gasteiger partial charge < -0.3 is 5.32 Å². The van der Waals surface area contributed by atoms with E-state index in [-0.39, 0.29) is 17.3 Å². The summed E-state index contributed by atoms with van der Waals surface area (Å²) >= 11 is 0. The van der Waals surface area contributed by atoms with Crippen LogP contribution in [0.2, 0.25) is 0 Å². The average molecular weight is 455 g/mol. The lowest BCUT2D eigenvalue weighted by molar-refractivity contribution is -0.120. The molecular weight excluding hydrogens is 428 g/mol. The maximum absolute atomic E-state index is 13.2. The summed E-state index contributed by atoms with van der Waals surface area (Å²) in [5.74, 6) is -0.536. The Labute approximate surface area is 187 Å². The fourth-order valence-electron chi connectivity index (χ4n) is 4.00. The number of hydrogen-bond acceptors (Lipinski definition) is 6. The Hall–Kier alpha value is -3.11. The predicted octanol–water partition coefficient (Wildman–Crippen LogP) is 2.57. The van der Waals surface area contributed by atoms with E-state index >= 15 is 0 Å². The molecule has 0 radical (unpaired) electrons. The monoisotopic (exact) mass is 454 g/mol. The van der Waals surface area contributed by atoms with Crippen molar-refractivity contribution in [2.45, 2.75) is 38.0 Å². The lowest BCUT2D eigenvalue weighted by Crippen LogP contribution is -2.43. The van der Waals surface area contributed by atoms with Gasteiger partial charge in [-0.1, -0.05) is 25.1 Å². The first kappa shape index (κ1) is 22.1. The van der Waals surface area contributed by atoms with Gasteiger partial charge in [0.05, 0.1) is 16.5 Å². The van der Waals surface area contributed by atoms with E-state index in [1.807, 2.05) is 32.0 Å². The molecule has 32 heavy (non-hydrogen) atoms. The highest BCUT2D eigenvalue weighted by Crippen LogP contribution is 2.27. The molecule has 1 atom stereocenters. The topological polar surface area (TPSA) is 110 Å². The molecule has 1 aromatic heterocycles. The first-order valence-corrected chi connectivity index (χ1v) is 12.1. The van der Waals surface area contributed by atoms with Crippen LogP contribution < -0.4 is 5.32 Å². The molecule has 1 amide bonds. The molecule has 1 fully saturated rings. The number of sulfonamides is 1. The molecule has 3 aromatic rings. The molecule has 1 aliphatic rings. The number of nitrogens with zero attached hydrogens (tertiary/aromatic N) is 5. The highest BCUT2D eigenvalue weighted by molar-refractivity contribution is 7.89. The van der Waals surface area contributed by atoms with Crippen molar-refractivity contribution in [2.24, 2.45) is 5.92 Å². The standard InChI is InChI=1S/C22H26N6O3S/c1-3-17-7-4-6-16(2)21(17)24-22(29)18-8-5-13-27(14-18)32(30,31)20-11-9-19(10-12-20)28-15-23-25-26-28/h4,6-7,9-12,15,18H,3,5,8,13-14H2,1-2H3,(H,24,29). The minimum Gasteiger partial charge on any atom is -0.325 e. The second kappa shape index (κ2) is 9.17. The fraction of sp³-hybridized carbons (Fsp3) is 0.364. The van der Waals surface area contributed by atoms with Gasteiger partial charge in [0.2, 0.25) is 15.9 Å². The van der Waals surface area contributed by atoms with Crippen LogP contribution in [0, 0.1) is 12.8 Å². The first-order chi connectivity index (χ1) is 15.4. The summed E-state index contributed by atoms with van der Waals surface area (Å²) in [6.07, 6.45) is 3.54. The van der Waals surface area contributed by atoms with Crippen molar-refractivity contribution in [1.29, 1.82) is 0 Å². The maximum Gasteiger partial charge on any atom is 0.243 e. The number of carbonyl (C=O) groups excluding carboxylic acids is 1. The van der Waals surface area contributed by atoms with E-state index < -0.39 is 15.9 Å². The van der Waals surface area contributed by atoms with Crippen LogP contribution in [0.15, 0.2) is 53.7 Å². The Morgan fingerprint density at radius 1 is 1.19 bits per heavy atom. The van der Waals surface area contributed by atoms with E-state index in [2.05, 4.69) is 20.8 Å². The Bertz CT molecular complexity index is 1190. The lowest BCUT2D eigenvalue weighted by atomic mass is 9.98. The normalized spacial score (nSPS) is 17.2. The molecule has 0 saturated carbocycles. The van der Waals surface area contributed by atoms with Crippen LogP contribution in [0.4, 0.5) is 5.69 Å². The Morgan fingerprint density at radius 2 is 1.97 bits per heavy atom. The molecular formula is C22H26N6O3S. The summed E-state index contributed by atoms with van der Waals surface area (Å²) in [6, 6.07) is 12.3. The number of piperidine rings is 1. The Kier molecular flexibility index (Phi) is 6.33. The number of benzene rings is 2. The highest BCUT2D eigenvalue weighted by Gasteiger charge is 2.33. The van der Waals surface area contributed by atoms with Gasteiger partial charge in [-0.2, -0.15) is 4.31 Å². The zero-order valence-corrected chi connectivity index (χ0v) is 18.9. The molecule has 0 aliphatic carbocycles. The summed E-state index contributed by atoms with van der Waals surface area (Å²) < 4.78 is 29.3. The third kappa shape index (κ3) is 4.42. The lowest BCUT2D eigenvalue weighted by Gasteiger charge is -2.31. The molecule has 1 N–H and O–H groups in total. The minimum absolute atomic E-state index is 0.136. The molecule has 10 heteroatoms. The third-order valence-corrected chi connectivity index (χ3v) is 7.71. The summed E-state index contributed by atoms with van der Waals surface area (Å²) in [5, 5.41) is 14.0. The zero-order valence-electron chi connectivity index (χ0n) is 18.1. The third-order valence-electron chi connectivity index (χ3n) is 5.83. The molecule has 1 saturated heterocycles. The van der Waals surface area contributed by atoms with Crippen molar-refractivity contribution in [2.75, 3.05) is 18.4 Å². The molecule has 0 spiro atoms. The number of carbonyl (C=O) groups is 1. The Morgan fingerprint density at radius 3 is 2.66 bits per heavy atom. The van der Waals surface area contributed by atoms with E-state index in [1.165, 1.54) is 27.4 Å². The van der Waals surface area contributed by atoms with E-state index in [4.69, 9.17) is 0 Å². The average Bonchev–Trinajstić information content (AvgIpc) is 3.35. The van der Waals surface area contributed by atoms with Crippen molar-refractivity contribution >= 4 is 21.6 Å². The summed E-state index contributed by atoms with van der Waals surface area (Å²) in [7, 11) is -3.72. The van der Waals surface area contributed by atoms with Crippen molar-refractivity contribution < 1.29 is 13.2 Å². The minimum atomic E-state index is -3.72. The first-order valence-electron chi connectivity index (χ1n) is 10.6. The van der Waals surface area contributed by atoms with Gasteiger partial charge >= 0.3 is 0 Å². The number of aromatic nitrogens is 4. The molecule has 1 aliphatic heterocycles. The number of amides is 1. The van der Waals surface area contributed by atoms with Gasteiger partial charge in [0.15, 0.2) is 0 Å². The van der Waals surface area contributed by atoms with E-state index in [9.17, 15) is 13.2 Å². The smallest absolute Gasteiger partial charge is 0.243 e. The quantitative estimate of drug-likeness (QED) is 0.613. The summed E-state index contributed by atoms with van der Waals surface area (Å²) in [5.41, 5.74) is 3.56. The molecule has 0 bridgehead atoms. The van der Waals surface area contributed by atoms with E-state index in [0.717, 1.165) is 23.2 Å². The number of para-hydroxylation sites is 1. The van der Waals surface area contributed by atoms with Crippen LogP contribution in [0.5, 0.6) is 0 Å². The molecule has 4 rings (SSSR count). The second-order valence-electron chi connectivity index (χ2n) is 7.90. The SMILES string of the molecule is CCc1cccc(C)c1NC(=O)C1CCCN(S(=O)(=O)c2ccc(-n3cnnn3)cc2)C1. The van der Waals surface area contributed by atoms with Crippen LogP contribution in [-0.2, 0) is 21.2 Å². The van der Waals surface area contributed by atoms with Crippen molar-refractivity contribution in [1.82, 2.24) is 24.5 Å². The molecule has 9 nitrogen and oxygen atoms in total. The summed E-state index contributed by atoms with van der Waals surface area (Å²) in [6.45, 7) is 4.57. The van der Waals surface area contributed by atoms with E-state index in [0.29, 0.717) is 25.1 Å². The van der Waals surface area contributed by atoms with Crippen LogP contribution in [0.1, 0.15) is 30.9 Å². The fourth-order valence-corrected chi connectivity index (χ4v) is 5.53. The van der Waals surface area contributed by atoms with Gasteiger partial charge in [-0.25, -0.2) is 13.1 Å². The predicted molar refractivity (Wildman–Crippen MR) is 120 cm³/mol. The van der Waals surface area contributed by atoms with Gasteiger partial charge in [0.25, 0.3) is 0 Å². The summed E-state index contributed by atoms with van der Waals surface area (Å²) in [4.78, 5) is 13.2. The molecule has 1 unspecified atom stereocenters. The van der Waals surface area contributed by atoms with Crippen LogP contribution >= 0.6 is 0 Å². The van der Waals surface area contributed by atoms with E-state index in [1.54, 1.807) is 12.1 Å². The number of hydrogen-bond donors (Lipinski definition) is 1. The molecule has 168 valence electrons. The number of rotatable bonds is 6.